The molecule has 2 aliphatic heterocycles. The van der Waals surface area contributed by atoms with E-state index in [-0.39, 0.29) is 24.3 Å². The summed E-state index contributed by atoms with van der Waals surface area (Å²) < 4.78 is 10.6. The van der Waals surface area contributed by atoms with E-state index in [0.29, 0.717) is 22.3 Å². The molecule has 5 rings (SSSR count). The molecule has 3 aromatic carbocycles. The van der Waals surface area contributed by atoms with Crippen molar-refractivity contribution in [1.82, 2.24) is 5.01 Å². The molecule has 2 heterocycles. The number of aliphatic imine (C=N–C) groups is 1. The predicted molar refractivity (Wildman–Crippen MR) is 155 cm³/mol. The molecular weight excluding hydrogens is 536 g/mol. The van der Waals surface area contributed by atoms with Crippen LogP contribution in [0.1, 0.15) is 35.6 Å². The monoisotopic (exact) mass is 562 g/mol. The summed E-state index contributed by atoms with van der Waals surface area (Å²) in [6, 6.07) is 20.6. The number of thioether (sulfide) groups is 1. The van der Waals surface area contributed by atoms with Crippen LogP contribution >= 0.6 is 23.4 Å². The van der Waals surface area contributed by atoms with Gasteiger partial charge >= 0.3 is 0 Å². The third-order valence-corrected chi connectivity index (χ3v) is 8.13. The predicted octanol–water partition coefficient (Wildman–Crippen LogP) is 5.84. The molecule has 2 amide bonds. The lowest BCUT2D eigenvalue weighted by Crippen LogP contribution is -2.25. The molecule has 200 valence electrons. The zero-order valence-electron chi connectivity index (χ0n) is 21.7. The number of halogens is 1. The first kappa shape index (κ1) is 26.8. The summed E-state index contributed by atoms with van der Waals surface area (Å²) in [6.07, 6.45) is 0.601. The highest BCUT2D eigenvalue weighted by molar-refractivity contribution is 8.15. The van der Waals surface area contributed by atoms with E-state index in [1.807, 2.05) is 61.5 Å². The molecule has 8 nitrogen and oxygen atoms in total. The lowest BCUT2D eigenvalue weighted by molar-refractivity contribution is -0.121. The Morgan fingerprint density at radius 1 is 1.05 bits per heavy atom. The summed E-state index contributed by atoms with van der Waals surface area (Å²) in [6.45, 7) is 1.89. The summed E-state index contributed by atoms with van der Waals surface area (Å²) >= 11 is 7.43. The highest BCUT2D eigenvalue weighted by Gasteiger charge is 2.39. The van der Waals surface area contributed by atoms with Crippen LogP contribution in [-0.4, -0.2) is 47.2 Å². The Balaban J connectivity index is 1.35. The first-order chi connectivity index (χ1) is 18.8. The minimum Gasteiger partial charge on any atom is -0.497 e. The topological polar surface area (TPSA) is 92.6 Å². The maximum Gasteiger partial charge on any atom is 0.262 e. The fraction of sp³-hybridized carbons (Fsp3) is 0.241. The number of nitrogens with one attached hydrogen (secondary N) is 1. The van der Waals surface area contributed by atoms with Crippen LogP contribution in [0, 0.1) is 6.92 Å². The van der Waals surface area contributed by atoms with Crippen LogP contribution < -0.4 is 14.8 Å². The molecule has 10 heteroatoms. The molecular formula is C29H27ClN4O4S. The van der Waals surface area contributed by atoms with Crippen molar-refractivity contribution in [3.63, 3.8) is 0 Å². The molecule has 2 aliphatic rings. The summed E-state index contributed by atoms with van der Waals surface area (Å²) in [5.41, 5.74) is 4.34. The Labute approximate surface area is 236 Å². The SMILES string of the molecule is COc1ccc(C2=NN(C3=NC(=O)[C@H](CC(=O)Nc4ccc(C)c(Cl)c4)S3)[C@H](c3ccc(OC)cc3)C2)cc1. The second-order valence-corrected chi connectivity index (χ2v) is 10.7. The van der Waals surface area contributed by atoms with Crippen LogP contribution in [0.25, 0.3) is 0 Å². The van der Waals surface area contributed by atoms with Gasteiger partial charge in [-0.3, -0.25) is 9.59 Å². The van der Waals surface area contributed by atoms with Gasteiger partial charge in [-0.15, -0.1) is 0 Å². The molecule has 0 aliphatic carbocycles. The number of hydrazone groups is 1. The van der Waals surface area contributed by atoms with Crippen LogP contribution in [0.3, 0.4) is 0 Å². The van der Waals surface area contributed by atoms with E-state index in [2.05, 4.69) is 10.3 Å². The smallest absolute Gasteiger partial charge is 0.262 e. The van der Waals surface area contributed by atoms with Crippen LogP contribution in [0.15, 0.2) is 76.8 Å². The van der Waals surface area contributed by atoms with E-state index >= 15 is 0 Å². The van der Waals surface area contributed by atoms with E-state index < -0.39 is 5.25 Å². The molecule has 1 N–H and O–H groups in total. The molecule has 2 atom stereocenters. The second kappa shape index (κ2) is 11.5. The zero-order chi connectivity index (χ0) is 27.5. The molecule has 0 saturated heterocycles. The van der Waals surface area contributed by atoms with Crippen molar-refractivity contribution in [1.29, 1.82) is 0 Å². The highest BCUT2D eigenvalue weighted by atomic mass is 35.5. The number of benzene rings is 3. The summed E-state index contributed by atoms with van der Waals surface area (Å²) in [5.74, 6) is 0.876. The van der Waals surface area contributed by atoms with Crippen molar-refractivity contribution in [3.05, 3.63) is 88.4 Å². The Kier molecular flexibility index (Phi) is 7.90. The van der Waals surface area contributed by atoms with Crippen molar-refractivity contribution >= 4 is 51.7 Å². The lowest BCUT2D eigenvalue weighted by Gasteiger charge is -2.23. The number of methoxy groups -OCH3 is 2. The van der Waals surface area contributed by atoms with Gasteiger partial charge in [0.1, 0.15) is 16.7 Å². The number of ether oxygens (including phenoxy) is 2. The van der Waals surface area contributed by atoms with Gasteiger partial charge < -0.3 is 14.8 Å². The van der Waals surface area contributed by atoms with Crippen molar-refractivity contribution in [2.75, 3.05) is 19.5 Å². The van der Waals surface area contributed by atoms with Crippen molar-refractivity contribution in [2.24, 2.45) is 10.1 Å². The first-order valence-corrected chi connectivity index (χ1v) is 13.6. The maximum absolute atomic E-state index is 12.9. The molecule has 0 aromatic heterocycles. The molecule has 0 bridgehead atoms. The van der Waals surface area contributed by atoms with Gasteiger partial charge in [-0.05, 0) is 72.1 Å². The van der Waals surface area contributed by atoms with Crippen molar-refractivity contribution < 1.29 is 19.1 Å². The summed E-state index contributed by atoms with van der Waals surface area (Å²) in [7, 11) is 3.25. The number of rotatable bonds is 7. The fourth-order valence-electron chi connectivity index (χ4n) is 4.39. The summed E-state index contributed by atoms with van der Waals surface area (Å²) in [4.78, 5) is 29.9. The van der Waals surface area contributed by atoms with Gasteiger partial charge in [0.2, 0.25) is 5.91 Å². The number of anilines is 1. The molecule has 0 spiro atoms. The number of hydrogen-bond acceptors (Lipinski definition) is 7. The third kappa shape index (κ3) is 5.94. The average Bonchev–Trinajstić information content (AvgIpc) is 3.54. The fourth-order valence-corrected chi connectivity index (χ4v) is 5.63. The van der Waals surface area contributed by atoms with Gasteiger partial charge in [0.15, 0.2) is 5.17 Å². The van der Waals surface area contributed by atoms with Gasteiger partial charge in [-0.1, -0.05) is 41.6 Å². The molecule has 0 unspecified atom stereocenters. The van der Waals surface area contributed by atoms with Gasteiger partial charge in [0.25, 0.3) is 5.91 Å². The van der Waals surface area contributed by atoms with Crippen molar-refractivity contribution in [2.45, 2.75) is 31.1 Å². The van der Waals surface area contributed by atoms with Gasteiger partial charge in [-0.25, -0.2) is 5.01 Å². The third-order valence-electron chi connectivity index (χ3n) is 6.59. The van der Waals surface area contributed by atoms with Crippen LogP contribution in [-0.2, 0) is 9.59 Å². The lowest BCUT2D eigenvalue weighted by atomic mass is 9.98. The van der Waals surface area contributed by atoms with E-state index in [4.69, 9.17) is 26.2 Å². The number of nitrogens with zero attached hydrogens (tertiary/aromatic N) is 3. The molecule has 0 saturated carbocycles. The molecule has 3 aromatic rings. The average molecular weight is 563 g/mol. The first-order valence-electron chi connectivity index (χ1n) is 12.3. The number of hydrogen-bond donors (Lipinski definition) is 1. The molecule has 0 fully saturated rings. The van der Waals surface area contributed by atoms with Crippen LogP contribution in [0.5, 0.6) is 11.5 Å². The Morgan fingerprint density at radius 2 is 1.72 bits per heavy atom. The van der Waals surface area contributed by atoms with Crippen LogP contribution in [0.2, 0.25) is 5.02 Å². The van der Waals surface area contributed by atoms with E-state index in [9.17, 15) is 9.59 Å². The molecule has 0 radical (unpaired) electrons. The minimum atomic E-state index is -0.641. The Morgan fingerprint density at radius 3 is 2.36 bits per heavy atom. The van der Waals surface area contributed by atoms with E-state index in [1.165, 1.54) is 11.8 Å². The van der Waals surface area contributed by atoms with Gasteiger partial charge in [-0.2, -0.15) is 10.1 Å². The Bertz CT molecular complexity index is 1460. The molecule has 39 heavy (non-hydrogen) atoms. The van der Waals surface area contributed by atoms with Crippen molar-refractivity contribution in [3.8, 4) is 11.5 Å². The number of amides is 2. The standard InChI is InChI=1S/C29H27ClN4O4S/c1-17-4-9-20(14-23(17)30)31-27(35)16-26-28(36)32-29(39-26)34-25(19-7-12-22(38-3)13-8-19)15-24(33-34)18-5-10-21(37-2)11-6-18/h4-14,25-26H,15-16H2,1-3H3,(H,31,35)/t25-,26-/m0/s1. The number of carbonyl (C=O) groups is 2. The minimum absolute atomic E-state index is 0.0158. The maximum atomic E-state index is 12.9. The summed E-state index contributed by atoms with van der Waals surface area (Å²) in [5, 5.41) is 9.90. The highest BCUT2D eigenvalue weighted by Crippen LogP contribution is 2.39. The van der Waals surface area contributed by atoms with E-state index in [0.717, 1.165) is 33.9 Å². The van der Waals surface area contributed by atoms with Gasteiger partial charge in [0, 0.05) is 23.6 Å². The number of aryl methyl sites for hydroxylation is 1. The number of amidine groups is 1. The zero-order valence-corrected chi connectivity index (χ0v) is 23.3. The van der Waals surface area contributed by atoms with E-state index in [1.54, 1.807) is 31.4 Å². The van der Waals surface area contributed by atoms with Crippen LogP contribution in [0.4, 0.5) is 5.69 Å². The number of carbonyl (C=O) groups excluding carboxylic acids is 2. The normalized spacial score (nSPS) is 18.6. The Hall–Kier alpha value is -3.82. The largest absolute Gasteiger partial charge is 0.497 e. The second-order valence-electron chi connectivity index (χ2n) is 9.17. The van der Waals surface area contributed by atoms with Gasteiger partial charge in [0.05, 0.1) is 26.0 Å². The quantitative estimate of drug-likeness (QED) is 0.389.